The number of rotatable bonds is 4. The van der Waals surface area contributed by atoms with E-state index in [1.807, 2.05) is 36.4 Å². The van der Waals surface area contributed by atoms with Crippen molar-refractivity contribution in [2.24, 2.45) is 0 Å². The van der Waals surface area contributed by atoms with E-state index in [1.54, 1.807) is 16.6 Å². The molecule has 26 heavy (non-hydrogen) atoms. The van der Waals surface area contributed by atoms with Gasteiger partial charge in [0, 0.05) is 12.1 Å². The van der Waals surface area contributed by atoms with Crippen molar-refractivity contribution >= 4 is 17.2 Å². The molecular formula is C20H16N6. The largest absolute Gasteiger partial charge is 0.339 e. The highest BCUT2D eigenvalue weighted by atomic mass is 15.4. The average Bonchev–Trinajstić information content (AvgIpc) is 3.05. The number of hydrogen-bond donors (Lipinski definition) is 1. The second-order valence-electron chi connectivity index (χ2n) is 6.08. The van der Waals surface area contributed by atoms with Crippen LogP contribution in [0.2, 0.25) is 0 Å². The maximum atomic E-state index is 8.90. The number of aromatic nitrogens is 4. The molecule has 0 amide bonds. The third-order valence-corrected chi connectivity index (χ3v) is 4.06. The van der Waals surface area contributed by atoms with Crippen LogP contribution in [0, 0.1) is 18.3 Å². The van der Waals surface area contributed by atoms with Crippen molar-refractivity contribution in [1.82, 2.24) is 19.8 Å². The van der Waals surface area contributed by atoms with Crippen LogP contribution in [0.15, 0.2) is 60.7 Å². The number of nitrogens with one attached hydrogen (secondary N) is 1. The lowest BCUT2D eigenvalue weighted by molar-refractivity contribution is 0.842. The fourth-order valence-corrected chi connectivity index (χ4v) is 2.76. The Bertz CT molecular complexity index is 1110. The molecule has 6 heteroatoms. The number of hydrogen-bond acceptors (Lipinski definition) is 5. The van der Waals surface area contributed by atoms with Crippen molar-refractivity contribution in [3.8, 4) is 6.07 Å². The third-order valence-electron chi connectivity index (χ3n) is 4.06. The van der Waals surface area contributed by atoms with Crippen molar-refractivity contribution in [3.05, 3.63) is 83.2 Å². The first-order valence-corrected chi connectivity index (χ1v) is 8.25. The zero-order valence-electron chi connectivity index (χ0n) is 14.2. The van der Waals surface area contributed by atoms with E-state index in [4.69, 9.17) is 5.26 Å². The highest BCUT2D eigenvalue weighted by Crippen LogP contribution is 2.17. The molecule has 0 aliphatic carbocycles. The van der Waals surface area contributed by atoms with E-state index in [-0.39, 0.29) is 0 Å². The monoisotopic (exact) mass is 340 g/mol. The second-order valence-corrected chi connectivity index (χ2v) is 6.08. The number of nitrogens with zero attached hydrogens (tertiary/aromatic N) is 5. The minimum Gasteiger partial charge on any atom is -0.339 e. The topological polar surface area (TPSA) is 78.9 Å². The standard InChI is InChI=1S/C20H16N6/c1-14-3-2-4-17(11-14)22-18-9-10-19-23-24-20(26(19)25-18)12-15-5-7-16(13-21)8-6-15/h2-11H,12H2,1H3,(H,22,25). The number of anilines is 2. The summed E-state index contributed by atoms with van der Waals surface area (Å²) in [4.78, 5) is 0. The zero-order chi connectivity index (χ0) is 17.9. The molecule has 0 bridgehead atoms. The van der Waals surface area contributed by atoms with E-state index in [0.717, 1.165) is 22.9 Å². The Morgan fingerprint density at radius 3 is 2.65 bits per heavy atom. The highest BCUT2D eigenvalue weighted by Gasteiger charge is 2.09. The van der Waals surface area contributed by atoms with Crippen molar-refractivity contribution in [2.75, 3.05) is 5.32 Å². The van der Waals surface area contributed by atoms with Crippen LogP contribution in [0.5, 0.6) is 0 Å². The first kappa shape index (κ1) is 15.8. The van der Waals surface area contributed by atoms with E-state index in [9.17, 15) is 0 Å². The minimum absolute atomic E-state index is 0.591. The highest BCUT2D eigenvalue weighted by molar-refractivity contribution is 5.58. The van der Waals surface area contributed by atoms with Gasteiger partial charge in [-0.2, -0.15) is 9.78 Å². The Kier molecular flexibility index (Phi) is 4.04. The Morgan fingerprint density at radius 2 is 1.88 bits per heavy atom. The van der Waals surface area contributed by atoms with Crippen molar-refractivity contribution in [1.29, 1.82) is 5.26 Å². The van der Waals surface area contributed by atoms with Gasteiger partial charge in [0.2, 0.25) is 0 Å². The molecule has 0 unspecified atom stereocenters. The molecule has 0 aliphatic heterocycles. The van der Waals surface area contributed by atoms with E-state index >= 15 is 0 Å². The van der Waals surface area contributed by atoms with Crippen LogP contribution in [0.4, 0.5) is 11.5 Å². The van der Waals surface area contributed by atoms with Crippen molar-refractivity contribution in [3.63, 3.8) is 0 Å². The Morgan fingerprint density at radius 1 is 1.04 bits per heavy atom. The SMILES string of the molecule is Cc1cccc(Nc2ccc3nnc(Cc4ccc(C#N)cc4)n3n2)c1. The molecule has 2 heterocycles. The Labute approximate surface area is 150 Å². The lowest BCUT2D eigenvalue weighted by atomic mass is 10.1. The van der Waals surface area contributed by atoms with E-state index in [0.29, 0.717) is 17.6 Å². The summed E-state index contributed by atoms with van der Waals surface area (Å²) in [6, 6.07) is 21.5. The predicted molar refractivity (Wildman–Crippen MR) is 99.2 cm³/mol. The number of fused-ring (bicyclic) bond motifs is 1. The average molecular weight is 340 g/mol. The molecule has 1 N–H and O–H groups in total. The summed E-state index contributed by atoms with van der Waals surface area (Å²) in [6.07, 6.45) is 0.591. The van der Waals surface area contributed by atoms with Crippen LogP contribution >= 0.6 is 0 Å². The molecule has 0 saturated carbocycles. The molecule has 4 rings (SSSR count). The first-order valence-electron chi connectivity index (χ1n) is 8.25. The normalized spacial score (nSPS) is 10.6. The van der Waals surface area contributed by atoms with Crippen molar-refractivity contribution < 1.29 is 0 Å². The summed E-state index contributed by atoms with van der Waals surface area (Å²) < 4.78 is 1.75. The smallest absolute Gasteiger partial charge is 0.178 e. The number of aryl methyl sites for hydroxylation is 1. The van der Waals surface area contributed by atoms with Gasteiger partial charge in [-0.15, -0.1) is 15.3 Å². The molecule has 0 radical (unpaired) electrons. The summed E-state index contributed by atoms with van der Waals surface area (Å²) in [5, 5.41) is 25.3. The summed E-state index contributed by atoms with van der Waals surface area (Å²) in [5.74, 6) is 1.47. The van der Waals surface area contributed by atoms with Gasteiger partial charge in [-0.3, -0.25) is 0 Å². The molecule has 4 aromatic rings. The van der Waals surface area contributed by atoms with Crippen LogP contribution in [-0.2, 0) is 6.42 Å². The Hall–Kier alpha value is -3.72. The van der Waals surface area contributed by atoms with E-state index < -0.39 is 0 Å². The van der Waals surface area contributed by atoms with Gasteiger partial charge in [0.15, 0.2) is 17.3 Å². The molecule has 2 aromatic carbocycles. The molecule has 0 spiro atoms. The summed E-state index contributed by atoms with van der Waals surface area (Å²) in [6.45, 7) is 2.05. The molecule has 0 aliphatic rings. The third kappa shape index (κ3) is 3.23. The van der Waals surface area contributed by atoms with Gasteiger partial charge in [0.25, 0.3) is 0 Å². The van der Waals surface area contributed by atoms with Gasteiger partial charge in [0.1, 0.15) is 0 Å². The summed E-state index contributed by atoms with van der Waals surface area (Å²) >= 11 is 0. The summed E-state index contributed by atoms with van der Waals surface area (Å²) in [5.41, 5.74) is 4.56. The number of benzene rings is 2. The van der Waals surface area contributed by atoms with E-state index in [1.165, 1.54) is 5.56 Å². The van der Waals surface area contributed by atoms with Crippen molar-refractivity contribution in [2.45, 2.75) is 13.3 Å². The molecule has 2 aromatic heterocycles. The van der Waals surface area contributed by atoms with Gasteiger partial charge in [0.05, 0.1) is 11.6 Å². The second kappa shape index (κ2) is 6.65. The van der Waals surface area contributed by atoms with Crippen LogP contribution in [0.3, 0.4) is 0 Å². The van der Waals surface area contributed by atoms with Crippen LogP contribution in [-0.4, -0.2) is 19.8 Å². The molecule has 126 valence electrons. The van der Waals surface area contributed by atoms with Crippen LogP contribution in [0.1, 0.15) is 22.5 Å². The van der Waals surface area contributed by atoms with Gasteiger partial charge < -0.3 is 5.32 Å². The maximum Gasteiger partial charge on any atom is 0.178 e. The lowest BCUT2D eigenvalue weighted by Gasteiger charge is -2.07. The van der Waals surface area contributed by atoms with E-state index in [2.05, 4.69) is 45.7 Å². The van der Waals surface area contributed by atoms with Crippen LogP contribution < -0.4 is 5.32 Å². The van der Waals surface area contributed by atoms with Gasteiger partial charge in [-0.1, -0.05) is 24.3 Å². The first-order chi connectivity index (χ1) is 12.7. The molecule has 6 nitrogen and oxygen atoms in total. The lowest BCUT2D eigenvalue weighted by Crippen LogP contribution is -2.03. The fraction of sp³-hybridized carbons (Fsp3) is 0.100. The maximum absolute atomic E-state index is 8.90. The molecule has 0 saturated heterocycles. The fourth-order valence-electron chi connectivity index (χ4n) is 2.76. The minimum atomic E-state index is 0.591. The van der Waals surface area contributed by atoms with Gasteiger partial charge in [-0.25, -0.2) is 0 Å². The molecular weight excluding hydrogens is 324 g/mol. The Balaban J connectivity index is 1.62. The quantitative estimate of drug-likeness (QED) is 0.613. The van der Waals surface area contributed by atoms with Gasteiger partial charge in [-0.05, 0) is 54.4 Å². The zero-order valence-corrected chi connectivity index (χ0v) is 14.2. The predicted octanol–water partition coefficient (Wildman–Crippen LogP) is 3.64. The number of nitriles is 1. The van der Waals surface area contributed by atoms with Crippen LogP contribution in [0.25, 0.3) is 5.65 Å². The summed E-state index contributed by atoms with van der Waals surface area (Å²) in [7, 11) is 0. The van der Waals surface area contributed by atoms with Gasteiger partial charge >= 0.3 is 0 Å². The molecule has 0 fully saturated rings. The molecule has 0 atom stereocenters.